The number of carbonyl (C=O) groups excluding carboxylic acids is 1. The van der Waals surface area contributed by atoms with E-state index in [0.29, 0.717) is 17.2 Å². The molecule has 3 nitrogen and oxygen atoms in total. The van der Waals surface area contributed by atoms with E-state index in [4.69, 9.17) is 22.1 Å². The predicted molar refractivity (Wildman–Crippen MR) is 56.6 cm³/mol. The number of nitrogens with two attached hydrogens (primary N) is 1. The van der Waals surface area contributed by atoms with Gasteiger partial charge in [-0.25, -0.2) is 4.79 Å². The molecule has 0 saturated carbocycles. The van der Waals surface area contributed by atoms with Crippen molar-refractivity contribution in [2.24, 2.45) is 0 Å². The second-order valence-electron chi connectivity index (χ2n) is 2.87. The minimum atomic E-state index is -0.426. The molecule has 4 heteroatoms. The number of hydrogen-bond donors (Lipinski definition) is 1. The Morgan fingerprint density at radius 3 is 2.79 bits per heavy atom. The summed E-state index contributed by atoms with van der Waals surface area (Å²) in [7, 11) is 0. The maximum absolute atomic E-state index is 11.5. The molecule has 1 rings (SSSR count). The summed E-state index contributed by atoms with van der Waals surface area (Å²) in [6.07, 6.45) is 0. The second-order valence-corrected chi connectivity index (χ2v) is 3.28. The highest BCUT2D eigenvalue weighted by Gasteiger charge is 2.15. The van der Waals surface area contributed by atoms with Gasteiger partial charge in [0.25, 0.3) is 0 Å². The van der Waals surface area contributed by atoms with Crippen LogP contribution in [0.4, 0.5) is 5.69 Å². The minimum absolute atomic E-state index is 0.283. The summed E-state index contributed by atoms with van der Waals surface area (Å²) < 4.78 is 4.87. The van der Waals surface area contributed by atoms with Crippen LogP contribution in [-0.2, 0) is 4.74 Å². The van der Waals surface area contributed by atoms with Crippen LogP contribution in [0.2, 0.25) is 5.02 Å². The highest BCUT2D eigenvalue weighted by molar-refractivity contribution is 6.33. The zero-order valence-corrected chi connectivity index (χ0v) is 8.89. The number of carbonyl (C=O) groups is 1. The fraction of sp³-hybridized carbons (Fsp3) is 0.300. The first-order valence-electron chi connectivity index (χ1n) is 4.29. The lowest BCUT2D eigenvalue weighted by Gasteiger charge is -2.09. The normalized spacial score (nSPS) is 9.93. The number of ether oxygens (including phenoxy) is 1. The van der Waals surface area contributed by atoms with Crippen molar-refractivity contribution in [2.75, 3.05) is 12.3 Å². The Kier molecular flexibility index (Phi) is 3.36. The van der Waals surface area contributed by atoms with Crippen LogP contribution in [-0.4, -0.2) is 12.6 Å². The third-order valence-corrected chi connectivity index (χ3v) is 2.21. The fourth-order valence-electron chi connectivity index (χ4n) is 1.18. The SMILES string of the molecule is CCOC(=O)c1c(C)ccc(Cl)c1N. The smallest absolute Gasteiger partial charge is 0.340 e. The molecule has 0 radical (unpaired) electrons. The molecule has 0 aromatic heterocycles. The van der Waals surface area contributed by atoms with Crippen LogP contribution in [0.3, 0.4) is 0 Å². The van der Waals surface area contributed by atoms with Gasteiger partial charge in [0.05, 0.1) is 22.9 Å². The summed E-state index contributed by atoms with van der Waals surface area (Å²) >= 11 is 5.80. The monoisotopic (exact) mass is 213 g/mol. The van der Waals surface area contributed by atoms with E-state index < -0.39 is 5.97 Å². The van der Waals surface area contributed by atoms with Gasteiger partial charge in [0.2, 0.25) is 0 Å². The third-order valence-electron chi connectivity index (χ3n) is 1.88. The van der Waals surface area contributed by atoms with Gasteiger partial charge in [-0.15, -0.1) is 0 Å². The number of rotatable bonds is 2. The van der Waals surface area contributed by atoms with Crippen molar-refractivity contribution in [1.82, 2.24) is 0 Å². The quantitative estimate of drug-likeness (QED) is 0.606. The summed E-state index contributed by atoms with van der Waals surface area (Å²) in [5, 5.41) is 0.374. The summed E-state index contributed by atoms with van der Waals surface area (Å²) in [5.74, 6) is -0.426. The molecule has 1 aromatic carbocycles. The lowest BCUT2D eigenvalue weighted by atomic mass is 10.1. The van der Waals surface area contributed by atoms with Gasteiger partial charge in [0.15, 0.2) is 0 Å². The zero-order chi connectivity index (χ0) is 10.7. The van der Waals surface area contributed by atoms with Gasteiger partial charge < -0.3 is 10.5 Å². The molecule has 14 heavy (non-hydrogen) atoms. The van der Waals surface area contributed by atoms with Gasteiger partial charge >= 0.3 is 5.97 Å². The summed E-state index contributed by atoms with van der Waals surface area (Å²) in [5.41, 5.74) is 7.09. The fourth-order valence-corrected chi connectivity index (χ4v) is 1.33. The Morgan fingerprint density at radius 2 is 2.21 bits per heavy atom. The molecule has 0 saturated heterocycles. The first-order chi connectivity index (χ1) is 6.57. The Morgan fingerprint density at radius 1 is 1.57 bits per heavy atom. The molecule has 0 aliphatic carbocycles. The van der Waals surface area contributed by atoms with Crippen LogP contribution in [0.25, 0.3) is 0 Å². The standard InChI is InChI=1S/C10H12ClNO2/c1-3-14-10(13)8-6(2)4-5-7(11)9(8)12/h4-5H,3,12H2,1-2H3. The average Bonchev–Trinajstić information content (AvgIpc) is 2.13. The largest absolute Gasteiger partial charge is 0.462 e. The lowest BCUT2D eigenvalue weighted by Crippen LogP contribution is -2.10. The molecule has 76 valence electrons. The van der Waals surface area contributed by atoms with Gasteiger partial charge in [0.1, 0.15) is 0 Å². The second kappa shape index (κ2) is 4.33. The van der Waals surface area contributed by atoms with Gasteiger partial charge in [-0.1, -0.05) is 17.7 Å². The van der Waals surface area contributed by atoms with E-state index in [1.54, 1.807) is 26.0 Å². The Hall–Kier alpha value is -1.22. The van der Waals surface area contributed by atoms with Crippen molar-refractivity contribution >= 4 is 23.3 Å². The van der Waals surface area contributed by atoms with Crippen molar-refractivity contribution < 1.29 is 9.53 Å². The molecule has 0 aliphatic rings. The van der Waals surface area contributed by atoms with Crippen molar-refractivity contribution in [3.05, 3.63) is 28.3 Å². The molecule has 0 amide bonds. The van der Waals surface area contributed by atoms with Gasteiger partial charge in [-0.3, -0.25) is 0 Å². The maximum Gasteiger partial charge on any atom is 0.340 e. The van der Waals surface area contributed by atoms with E-state index in [0.717, 1.165) is 5.56 Å². The van der Waals surface area contributed by atoms with Crippen molar-refractivity contribution in [2.45, 2.75) is 13.8 Å². The molecule has 0 fully saturated rings. The Balaban J connectivity index is 3.18. The van der Waals surface area contributed by atoms with Crippen LogP contribution >= 0.6 is 11.6 Å². The Labute approximate surface area is 87.8 Å². The summed E-state index contributed by atoms with van der Waals surface area (Å²) in [6, 6.07) is 3.40. The highest BCUT2D eigenvalue weighted by atomic mass is 35.5. The molecule has 0 bridgehead atoms. The number of nitrogen functional groups attached to an aromatic ring is 1. The maximum atomic E-state index is 11.5. The van der Waals surface area contributed by atoms with Gasteiger partial charge in [-0.05, 0) is 25.5 Å². The first kappa shape index (κ1) is 10.9. The third kappa shape index (κ3) is 1.99. The summed E-state index contributed by atoms with van der Waals surface area (Å²) in [6.45, 7) is 3.86. The average molecular weight is 214 g/mol. The molecule has 0 atom stereocenters. The molecule has 2 N–H and O–H groups in total. The molecule has 0 aliphatic heterocycles. The van der Waals surface area contributed by atoms with Crippen LogP contribution < -0.4 is 5.73 Å². The van der Waals surface area contributed by atoms with Crippen LogP contribution in [0, 0.1) is 6.92 Å². The van der Waals surface area contributed by atoms with E-state index in [-0.39, 0.29) is 5.69 Å². The van der Waals surface area contributed by atoms with Crippen LogP contribution in [0.15, 0.2) is 12.1 Å². The zero-order valence-electron chi connectivity index (χ0n) is 8.13. The summed E-state index contributed by atoms with van der Waals surface area (Å²) in [4.78, 5) is 11.5. The molecule has 1 aromatic rings. The van der Waals surface area contributed by atoms with E-state index in [1.807, 2.05) is 0 Å². The molecule has 0 heterocycles. The van der Waals surface area contributed by atoms with Crippen molar-refractivity contribution in [3.63, 3.8) is 0 Å². The molecular formula is C10H12ClNO2. The topological polar surface area (TPSA) is 52.3 Å². The number of esters is 1. The van der Waals surface area contributed by atoms with Crippen molar-refractivity contribution in [1.29, 1.82) is 0 Å². The van der Waals surface area contributed by atoms with E-state index >= 15 is 0 Å². The van der Waals surface area contributed by atoms with Crippen LogP contribution in [0.5, 0.6) is 0 Å². The minimum Gasteiger partial charge on any atom is -0.462 e. The predicted octanol–water partition coefficient (Wildman–Crippen LogP) is 2.41. The highest BCUT2D eigenvalue weighted by Crippen LogP contribution is 2.26. The van der Waals surface area contributed by atoms with Crippen LogP contribution in [0.1, 0.15) is 22.8 Å². The number of hydrogen-bond acceptors (Lipinski definition) is 3. The van der Waals surface area contributed by atoms with E-state index in [9.17, 15) is 4.79 Å². The Bertz CT molecular complexity index is 363. The van der Waals surface area contributed by atoms with E-state index in [2.05, 4.69) is 0 Å². The van der Waals surface area contributed by atoms with Gasteiger partial charge in [-0.2, -0.15) is 0 Å². The number of benzene rings is 1. The number of anilines is 1. The molecule has 0 spiro atoms. The first-order valence-corrected chi connectivity index (χ1v) is 4.67. The van der Waals surface area contributed by atoms with E-state index in [1.165, 1.54) is 0 Å². The molecule has 0 unspecified atom stereocenters. The number of halogens is 1. The van der Waals surface area contributed by atoms with Crippen molar-refractivity contribution in [3.8, 4) is 0 Å². The number of aryl methyl sites for hydroxylation is 1. The lowest BCUT2D eigenvalue weighted by molar-refractivity contribution is 0.0527. The van der Waals surface area contributed by atoms with Gasteiger partial charge in [0, 0.05) is 0 Å². The molecular weight excluding hydrogens is 202 g/mol.